The first-order chi connectivity index (χ1) is 22.1. The molecule has 2 aliphatic carbocycles. The number of pyridine rings is 1. The van der Waals surface area contributed by atoms with E-state index >= 15 is 0 Å². The fourth-order valence-electron chi connectivity index (χ4n) is 6.17. The van der Waals surface area contributed by atoms with Gasteiger partial charge in [0.15, 0.2) is 5.82 Å². The molecule has 5 aromatic rings. The van der Waals surface area contributed by atoms with Gasteiger partial charge in [-0.1, -0.05) is 37.5 Å². The number of amides is 1. The number of aromatic nitrogens is 6. The highest BCUT2D eigenvalue weighted by Gasteiger charge is 2.26. The van der Waals surface area contributed by atoms with Crippen LogP contribution in [0.3, 0.4) is 0 Å². The molecule has 3 aromatic heterocycles. The Bertz CT molecular complexity index is 1800. The number of rotatable bonds is 10. The number of aryl methyl sites for hydroxylation is 1. The highest BCUT2D eigenvalue weighted by molar-refractivity contribution is 6.08. The molecule has 0 unspecified atom stereocenters. The quantitative estimate of drug-likeness (QED) is 0.176. The molecule has 1 amide bonds. The Hall–Kier alpha value is -4.99. The second-order valence-corrected chi connectivity index (χ2v) is 12.1. The number of carbonyl (C=O) groups is 1. The van der Waals surface area contributed by atoms with Crippen molar-refractivity contribution in [1.82, 2.24) is 29.3 Å². The number of hydrogen-bond donors (Lipinski definition) is 2. The molecule has 10 nitrogen and oxygen atoms in total. The Kier molecular flexibility index (Phi) is 8.02. The van der Waals surface area contributed by atoms with Gasteiger partial charge in [0, 0.05) is 30.4 Å². The number of nitrogens with one attached hydrogen (secondary N) is 2. The van der Waals surface area contributed by atoms with E-state index in [-0.39, 0.29) is 5.91 Å². The van der Waals surface area contributed by atoms with E-state index in [0.29, 0.717) is 35.6 Å². The Labute approximate surface area is 262 Å². The molecule has 45 heavy (non-hydrogen) atoms. The molecule has 2 N–H and O–H groups in total. The fraction of sp³-hybridized carbons (Fsp3) is 0.343. The van der Waals surface area contributed by atoms with Gasteiger partial charge >= 0.3 is 0 Å². The number of imidazole rings is 1. The summed E-state index contributed by atoms with van der Waals surface area (Å²) in [6.07, 6.45) is 14.0. The summed E-state index contributed by atoms with van der Waals surface area (Å²) in [6.45, 7) is 2.60. The lowest BCUT2D eigenvalue weighted by Gasteiger charge is -2.23. The SMILES string of the molecule is COc1ccc(CNc2cc(C)c(-n3cnc(C4CC4)c3)cc2C(=O)Nc2cccc(-c3nncn3C3CCCCC3)n2)cc1. The van der Waals surface area contributed by atoms with E-state index in [0.717, 1.165) is 52.6 Å². The van der Waals surface area contributed by atoms with Crippen LogP contribution in [0.2, 0.25) is 0 Å². The van der Waals surface area contributed by atoms with Crippen LogP contribution in [-0.4, -0.2) is 42.3 Å². The molecule has 7 rings (SSSR count). The molecule has 2 saturated carbocycles. The molecule has 0 saturated heterocycles. The van der Waals surface area contributed by atoms with Gasteiger partial charge < -0.3 is 24.5 Å². The van der Waals surface area contributed by atoms with Crippen LogP contribution in [0, 0.1) is 6.92 Å². The van der Waals surface area contributed by atoms with Crippen molar-refractivity contribution in [2.75, 3.05) is 17.7 Å². The van der Waals surface area contributed by atoms with Crippen LogP contribution in [0.5, 0.6) is 5.75 Å². The smallest absolute Gasteiger partial charge is 0.258 e. The summed E-state index contributed by atoms with van der Waals surface area (Å²) in [5, 5.41) is 15.2. The van der Waals surface area contributed by atoms with Crippen molar-refractivity contribution in [3.05, 3.63) is 95.8 Å². The summed E-state index contributed by atoms with van der Waals surface area (Å²) in [6, 6.07) is 17.8. The Balaban J connectivity index is 1.17. The van der Waals surface area contributed by atoms with Crippen LogP contribution in [0.25, 0.3) is 17.2 Å². The van der Waals surface area contributed by atoms with Gasteiger partial charge in [0.05, 0.1) is 30.4 Å². The van der Waals surface area contributed by atoms with E-state index < -0.39 is 0 Å². The molecule has 0 atom stereocenters. The first-order valence-corrected chi connectivity index (χ1v) is 15.8. The van der Waals surface area contributed by atoms with Crippen LogP contribution >= 0.6 is 0 Å². The standard InChI is InChI=1S/C35H38N8O2/c1-23-17-30(36-19-24-11-15-27(45-2)16-12-24)28(18-32(23)42-20-31(37-21-42)25-13-14-25)35(44)40-33-10-6-9-29(39-33)34-41-38-22-43(34)26-7-4-3-5-8-26/h6,9-12,15-18,20-22,25-26,36H,3-5,7-8,13-14,19H2,1-2H3,(H,39,40,44). The minimum atomic E-state index is -0.255. The van der Waals surface area contributed by atoms with E-state index in [1.807, 2.05) is 59.4 Å². The maximum absolute atomic E-state index is 14.0. The first kappa shape index (κ1) is 28.8. The predicted molar refractivity (Wildman–Crippen MR) is 174 cm³/mol. The van der Waals surface area contributed by atoms with Gasteiger partial charge in [0.25, 0.3) is 5.91 Å². The minimum absolute atomic E-state index is 0.255. The third-order valence-electron chi connectivity index (χ3n) is 8.86. The first-order valence-electron chi connectivity index (χ1n) is 15.8. The molecule has 2 fully saturated rings. The van der Waals surface area contributed by atoms with E-state index in [4.69, 9.17) is 9.72 Å². The van der Waals surface area contributed by atoms with Crippen LogP contribution in [0.4, 0.5) is 11.5 Å². The zero-order valence-corrected chi connectivity index (χ0v) is 25.7. The average molecular weight is 603 g/mol. The molecular formula is C35H38N8O2. The number of carbonyl (C=O) groups excluding carboxylic acids is 1. The van der Waals surface area contributed by atoms with Gasteiger partial charge in [0.1, 0.15) is 23.6 Å². The third kappa shape index (κ3) is 6.31. The molecule has 3 heterocycles. The topological polar surface area (TPSA) is 112 Å². The van der Waals surface area contributed by atoms with Crippen molar-refractivity contribution < 1.29 is 9.53 Å². The molecule has 2 aliphatic rings. The minimum Gasteiger partial charge on any atom is -0.497 e. The highest BCUT2D eigenvalue weighted by Crippen LogP contribution is 2.39. The van der Waals surface area contributed by atoms with Crippen LogP contribution in [0.1, 0.15) is 84.1 Å². The van der Waals surface area contributed by atoms with Gasteiger partial charge in [-0.15, -0.1) is 10.2 Å². The summed E-state index contributed by atoms with van der Waals surface area (Å²) < 4.78 is 9.46. The summed E-state index contributed by atoms with van der Waals surface area (Å²) in [4.78, 5) is 23.4. The lowest BCUT2D eigenvalue weighted by Crippen LogP contribution is -2.17. The Morgan fingerprint density at radius 3 is 2.60 bits per heavy atom. The van der Waals surface area contributed by atoms with Gasteiger partial charge in [-0.05, 0) is 80.1 Å². The summed E-state index contributed by atoms with van der Waals surface area (Å²) in [5.74, 6) is 2.27. The third-order valence-corrected chi connectivity index (χ3v) is 8.86. The normalized spacial score (nSPS) is 15.2. The highest BCUT2D eigenvalue weighted by atomic mass is 16.5. The number of benzene rings is 2. The fourth-order valence-corrected chi connectivity index (χ4v) is 6.17. The van der Waals surface area contributed by atoms with Crippen molar-refractivity contribution in [1.29, 1.82) is 0 Å². The van der Waals surface area contributed by atoms with Crippen molar-refractivity contribution in [3.63, 3.8) is 0 Å². The van der Waals surface area contributed by atoms with Crippen molar-refractivity contribution in [3.8, 4) is 23.0 Å². The van der Waals surface area contributed by atoms with Gasteiger partial charge in [-0.2, -0.15) is 0 Å². The van der Waals surface area contributed by atoms with Crippen molar-refractivity contribution in [2.24, 2.45) is 0 Å². The molecule has 10 heteroatoms. The van der Waals surface area contributed by atoms with Crippen molar-refractivity contribution in [2.45, 2.75) is 70.4 Å². The molecule has 0 radical (unpaired) electrons. The number of hydrogen-bond acceptors (Lipinski definition) is 7. The summed E-state index contributed by atoms with van der Waals surface area (Å²) in [7, 11) is 1.66. The Morgan fingerprint density at radius 2 is 1.82 bits per heavy atom. The lowest BCUT2D eigenvalue weighted by molar-refractivity contribution is 0.102. The second-order valence-electron chi connectivity index (χ2n) is 12.1. The zero-order chi connectivity index (χ0) is 30.8. The van der Waals surface area contributed by atoms with E-state index in [1.165, 1.54) is 32.1 Å². The summed E-state index contributed by atoms with van der Waals surface area (Å²) >= 11 is 0. The second kappa shape index (κ2) is 12.6. The number of anilines is 2. The number of nitrogens with zero attached hydrogens (tertiary/aromatic N) is 6. The van der Waals surface area contributed by atoms with Crippen LogP contribution in [0.15, 0.2) is 73.4 Å². The van der Waals surface area contributed by atoms with E-state index in [2.05, 4.69) is 43.5 Å². The number of ether oxygens (including phenoxy) is 1. The van der Waals surface area contributed by atoms with Gasteiger partial charge in [-0.25, -0.2) is 9.97 Å². The molecular weight excluding hydrogens is 564 g/mol. The van der Waals surface area contributed by atoms with Gasteiger partial charge in [0.2, 0.25) is 0 Å². The zero-order valence-electron chi connectivity index (χ0n) is 25.7. The van der Waals surface area contributed by atoms with E-state index in [9.17, 15) is 4.79 Å². The lowest BCUT2D eigenvalue weighted by atomic mass is 9.95. The molecule has 2 aromatic carbocycles. The Morgan fingerprint density at radius 1 is 1.00 bits per heavy atom. The molecule has 0 spiro atoms. The molecule has 0 bridgehead atoms. The van der Waals surface area contributed by atoms with Crippen LogP contribution in [-0.2, 0) is 6.54 Å². The maximum atomic E-state index is 14.0. The van der Waals surface area contributed by atoms with Crippen LogP contribution < -0.4 is 15.4 Å². The maximum Gasteiger partial charge on any atom is 0.258 e. The van der Waals surface area contributed by atoms with Gasteiger partial charge in [-0.3, -0.25) is 4.79 Å². The monoisotopic (exact) mass is 602 g/mol. The van der Waals surface area contributed by atoms with Crippen molar-refractivity contribution >= 4 is 17.4 Å². The molecule has 0 aliphatic heterocycles. The predicted octanol–water partition coefficient (Wildman–Crippen LogP) is 7.09. The average Bonchev–Trinajstić information content (AvgIpc) is 3.59. The molecule has 230 valence electrons. The number of methoxy groups -OCH3 is 1. The largest absolute Gasteiger partial charge is 0.497 e. The van der Waals surface area contributed by atoms with E-state index in [1.54, 1.807) is 19.5 Å². The summed E-state index contributed by atoms with van der Waals surface area (Å²) in [5.41, 5.74) is 6.06.